The van der Waals surface area contributed by atoms with Crippen molar-refractivity contribution in [3.05, 3.63) is 0 Å². The zero-order valence-electron chi connectivity index (χ0n) is 6.88. The van der Waals surface area contributed by atoms with Gasteiger partial charge in [-0.25, -0.2) is 0 Å². The maximum Gasteiger partial charge on any atom is 0.133 e. The summed E-state index contributed by atoms with van der Waals surface area (Å²) in [6, 6.07) is 0. The molecule has 0 heterocycles. The lowest BCUT2D eigenvalue weighted by Gasteiger charge is -2.24. The van der Waals surface area contributed by atoms with Crippen LogP contribution in [-0.4, -0.2) is 12.1 Å². The summed E-state index contributed by atoms with van der Waals surface area (Å²) < 4.78 is 0. The number of carbonyl (C=O) groups excluding carboxylic acids is 2. The van der Waals surface area contributed by atoms with E-state index in [2.05, 4.69) is 0 Å². The molecule has 0 radical (unpaired) electrons. The summed E-state index contributed by atoms with van der Waals surface area (Å²) in [5.74, 6) is 0.226. The van der Waals surface area contributed by atoms with Gasteiger partial charge in [-0.05, 0) is 19.8 Å². The lowest BCUT2D eigenvalue weighted by Crippen LogP contribution is -2.26. The number of rotatable bonds is 2. The van der Waals surface area contributed by atoms with Gasteiger partial charge in [-0.15, -0.1) is 0 Å². The van der Waals surface area contributed by atoms with E-state index in [0.717, 1.165) is 32.0 Å². The number of ketones is 1. The van der Waals surface area contributed by atoms with Crippen LogP contribution in [0.1, 0.15) is 32.6 Å². The summed E-state index contributed by atoms with van der Waals surface area (Å²) in [6.45, 7) is 1.59. The molecule has 0 aromatic carbocycles. The lowest BCUT2D eigenvalue weighted by molar-refractivity contribution is -0.127. The Morgan fingerprint density at radius 2 is 2.00 bits per heavy atom. The van der Waals surface area contributed by atoms with Crippen molar-refractivity contribution in [1.82, 2.24) is 0 Å². The SMILES string of the molecule is CC(=O)[C@@H]1CCCCC1C=O. The highest BCUT2D eigenvalue weighted by molar-refractivity contribution is 5.81. The minimum absolute atomic E-state index is 0.0150. The summed E-state index contributed by atoms with van der Waals surface area (Å²) in [5, 5.41) is 0. The average molecular weight is 154 g/mol. The van der Waals surface area contributed by atoms with Crippen LogP contribution in [0.4, 0.5) is 0 Å². The molecule has 0 N–H and O–H groups in total. The third-order valence-electron chi connectivity index (χ3n) is 2.52. The van der Waals surface area contributed by atoms with Crippen LogP contribution in [0, 0.1) is 11.8 Å². The molecule has 11 heavy (non-hydrogen) atoms. The first-order chi connectivity index (χ1) is 5.25. The molecule has 0 aliphatic heterocycles. The molecule has 1 rings (SSSR count). The molecule has 1 fully saturated rings. The minimum atomic E-state index is 0.0150. The van der Waals surface area contributed by atoms with Crippen molar-refractivity contribution in [2.75, 3.05) is 0 Å². The molecule has 2 nitrogen and oxygen atoms in total. The van der Waals surface area contributed by atoms with E-state index in [9.17, 15) is 9.59 Å². The van der Waals surface area contributed by atoms with Crippen LogP contribution >= 0.6 is 0 Å². The predicted octanol–water partition coefficient (Wildman–Crippen LogP) is 1.58. The summed E-state index contributed by atoms with van der Waals surface area (Å²) in [4.78, 5) is 21.5. The standard InChI is InChI=1S/C9H14O2/c1-7(11)9-5-3-2-4-8(9)6-10/h6,8-9H,2-5H2,1H3/t8?,9-/m0/s1. The highest BCUT2D eigenvalue weighted by atomic mass is 16.1. The molecule has 2 heteroatoms. The Kier molecular flexibility index (Phi) is 2.80. The van der Waals surface area contributed by atoms with Gasteiger partial charge in [0.25, 0.3) is 0 Å². The Hall–Kier alpha value is -0.660. The third-order valence-corrected chi connectivity index (χ3v) is 2.52. The fourth-order valence-corrected chi connectivity index (χ4v) is 1.83. The highest BCUT2D eigenvalue weighted by Gasteiger charge is 2.27. The van der Waals surface area contributed by atoms with E-state index in [-0.39, 0.29) is 17.6 Å². The first kappa shape index (κ1) is 8.44. The van der Waals surface area contributed by atoms with Gasteiger partial charge >= 0.3 is 0 Å². The number of aldehydes is 1. The second-order valence-electron chi connectivity index (χ2n) is 3.30. The lowest BCUT2D eigenvalue weighted by atomic mass is 9.78. The van der Waals surface area contributed by atoms with E-state index in [4.69, 9.17) is 0 Å². The van der Waals surface area contributed by atoms with Crippen LogP contribution in [0.15, 0.2) is 0 Å². The van der Waals surface area contributed by atoms with Gasteiger partial charge in [-0.1, -0.05) is 12.8 Å². The van der Waals surface area contributed by atoms with Crippen LogP contribution in [0.3, 0.4) is 0 Å². The van der Waals surface area contributed by atoms with Crippen LogP contribution in [0.2, 0.25) is 0 Å². The summed E-state index contributed by atoms with van der Waals surface area (Å²) in [5.41, 5.74) is 0. The highest BCUT2D eigenvalue weighted by Crippen LogP contribution is 2.28. The molecule has 0 spiro atoms. The number of hydrogen-bond donors (Lipinski definition) is 0. The zero-order valence-corrected chi connectivity index (χ0v) is 6.88. The molecule has 0 saturated heterocycles. The van der Waals surface area contributed by atoms with E-state index in [0.29, 0.717) is 0 Å². The van der Waals surface area contributed by atoms with Crippen molar-refractivity contribution in [3.8, 4) is 0 Å². The molecule has 1 unspecified atom stereocenters. The molecule has 0 bridgehead atoms. The molecule has 62 valence electrons. The van der Waals surface area contributed by atoms with Crippen LogP contribution in [0.25, 0.3) is 0 Å². The van der Waals surface area contributed by atoms with Crippen molar-refractivity contribution in [1.29, 1.82) is 0 Å². The number of Topliss-reactive ketones (excluding diaryl/α,β-unsaturated/α-hetero) is 1. The quantitative estimate of drug-likeness (QED) is 0.566. The van der Waals surface area contributed by atoms with E-state index in [1.807, 2.05) is 0 Å². The summed E-state index contributed by atoms with van der Waals surface area (Å²) in [7, 11) is 0. The normalized spacial score (nSPS) is 31.4. The van der Waals surface area contributed by atoms with Crippen molar-refractivity contribution < 1.29 is 9.59 Å². The fourth-order valence-electron chi connectivity index (χ4n) is 1.83. The Balaban J connectivity index is 2.58. The van der Waals surface area contributed by atoms with E-state index < -0.39 is 0 Å². The first-order valence-electron chi connectivity index (χ1n) is 4.21. The number of carbonyl (C=O) groups is 2. The minimum Gasteiger partial charge on any atom is -0.303 e. The summed E-state index contributed by atoms with van der Waals surface area (Å²) in [6.07, 6.45) is 4.99. The Labute approximate surface area is 67.0 Å². The molecule has 0 aromatic heterocycles. The molecule has 0 amide bonds. The maximum atomic E-state index is 11.0. The second-order valence-corrected chi connectivity index (χ2v) is 3.30. The van der Waals surface area contributed by atoms with Gasteiger partial charge in [0.1, 0.15) is 12.1 Å². The molecular formula is C9H14O2. The molecule has 1 saturated carbocycles. The number of hydrogen-bond acceptors (Lipinski definition) is 2. The van der Waals surface area contributed by atoms with Crippen LogP contribution < -0.4 is 0 Å². The second kappa shape index (κ2) is 3.65. The van der Waals surface area contributed by atoms with Gasteiger partial charge in [-0.3, -0.25) is 4.79 Å². The van der Waals surface area contributed by atoms with Gasteiger partial charge in [0.15, 0.2) is 0 Å². The van der Waals surface area contributed by atoms with Gasteiger partial charge in [-0.2, -0.15) is 0 Å². The Morgan fingerprint density at radius 3 is 2.45 bits per heavy atom. The van der Waals surface area contributed by atoms with Crippen molar-refractivity contribution in [2.24, 2.45) is 11.8 Å². The predicted molar refractivity (Wildman–Crippen MR) is 42.2 cm³/mol. The maximum absolute atomic E-state index is 11.0. The van der Waals surface area contributed by atoms with Crippen molar-refractivity contribution >= 4 is 12.1 Å². The van der Waals surface area contributed by atoms with Crippen LogP contribution in [0.5, 0.6) is 0 Å². The monoisotopic (exact) mass is 154 g/mol. The smallest absolute Gasteiger partial charge is 0.133 e. The van der Waals surface area contributed by atoms with Crippen molar-refractivity contribution in [3.63, 3.8) is 0 Å². The van der Waals surface area contributed by atoms with Gasteiger partial charge in [0.05, 0.1) is 0 Å². The summed E-state index contributed by atoms with van der Waals surface area (Å²) >= 11 is 0. The first-order valence-corrected chi connectivity index (χ1v) is 4.21. The molecule has 0 aromatic rings. The van der Waals surface area contributed by atoms with E-state index in [1.165, 1.54) is 0 Å². The fraction of sp³-hybridized carbons (Fsp3) is 0.778. The van der Waals surface area contributed by atoms with Crippen LogP contribution in [-0.2, 0) is 9.59 Å². The third kappa shape index (κ3) is 1.88. The molecular weight excluding hydrogens is 140 g/mol. The van der Waals surface area contributed by atoms with Gasteiger partial charge in [0.2, 0.25) is 0 Å². The van der Waals surface area contributed by atoms with E-state index >= 15 is 0 Å². The largest absolute Gasteiger partial charge is 0.303 e. The van der Waals surface area contributed by atoms with Gasteiger partial charge in [0, 0.05) is 11.8 Å². The Morgan fingerprint density at radius 1 is 1.36 bits per heavy atom. The zero-order chi connectivity index (χ0) is 8.27. The topological polar surface area (TPSA) is 34.1 Å². The Bertz CT molecular complexity index is 163. The van der Waals surface area contributed by atoms with E-state index in [1.54, 1.807) is 6.92 Å². The van der Waals surface area contributed by atoms with Gasteiger partial charge < -0.3 is 4.79 Å². The molecule has 1 aliphatic carbocycles. The molecule has 2 atom stereocenters. The average Bonchev–Trinajstić information content (AvgIpc) is 2.04. The van der Waals surface area contributed by atoms with Crippen molar-refractivity contribution in [2.45, 2.75) is 32.6 Å². The molecule has 1 aliphatic rings.